The van der Waals surface area contributed by atoms with Crippen LogP contribution in [0.2, 0.25) is 0 Å². The zero-order valence-corrected chi connectivity index (χ0v) is 18.1. The van der Waals surface area contributed by atoms with Gasteiger partial charge in [0.05, 0.1) is 37.3 Å². The van der Waals surface area contributed by atoms with E-state index in [2.05, 4.69) is 26.3 Å². The number of likely N-dealkylation sites (tertiary alicyclic amines) is 1. The number of aliphatic hydroxyl groups is 1. The van der Waals surface area contributed by atoms with Gasteiger partial charge in [-0.2, -0.15) is 0 Å². The zero-order valence-electron chi connectivity index (χ0n) is 18.1. The standard InChI is InChI=1S/C24H29N5O2/c1-3-31-22-9-8-18(12-19(22)16-30)15-29-11-5-7-21(29)20-13-25-14-23(27-20)28-24-17(2)6-4-10-26-24/h4,6,8-10,12-14,21,30H,3,5,7,11,15-16H2,1-2H3,(H,26,27,28)/t21-/m1/s1. The number of anilines is 2. The van der Waals surface area contributed by atoms with E-state index in [9.17, 15) is 5.11 Å². The molecule has 0 amide bonds. The molecule has 7 nitrogen and oxygen atoms in total. The van der Waals surface area contributed by atoms with Crippen LogP contribution in [0, 0.1) is 6.92 Å². The third kappa shape index (κ3) is 5.00. The molecular weight excluding hydrogens is 390 g/mol. The van der Waals surface area contributed by atoms with Crippen LogP contribution in [0.5, 0.6) is 5.75 Å². The molecule has 1 atom stereocenters. The molecule has 4 rings (SSSR count). The van der Waals surface area contributed by atoms with Gasteiger partial charge in [-0.25, -0.2) is 9.97 Å². The van der Waals surface area contributed by atoms with Gasteiger partial charge in [0.1, 0.15) is 17.4 Å². The van der Waals surface area contributed by atoms with Crippen molar-refractivity contribution in [1.29, 1.82) is 0 Å². The van der Waals surface area contributed by atoms with E-state index in [1.54, 1.807) is 12.4 Å². The minimum absolute atomic E-state index is 0.0290. The number of pyridine rings is 1. The van der Waals surface area contributed by atoms with E-state index in [-0.39, 0.29) is 12.6 Å². The van der Waals surface area contributed by atoms with Crippen LogP contribution in [-0.2, 0) is 13.2 Å². The maximum Gasteiger partial charge on any atom is 0.150 e. The van der Waals surface area contributed by atoms with Crippen molar-refractivity contribution in [2.75, 3.05) is 18.5 Å². The molecule has 0 unspecified atom stereocenters. The maximum atomic E-state index is 9.71. The first kappa shape index (κ1) is 21.2. The van der Waals surface area contributed by atoms with Crippen LogP contribution < -0.4 is 10.1 Å². The van der Waals surface area contributed by atoms with E-state index in [0.29, 0.717) is 12.4 Å². The van der Waals surface area contributed by atoms with Gasteiger partial charge in [0.2, 0.25) is 0 Å². The first-order valence-electron chi connectivity index (χ1n) is 10.8. The lowest BCUT2D eigenvalue weighted by molar-refractivity contribution is 0.242. The minimum atomic E-state index is -0.0290. The van der Waals surface area contributed by atoms with E-state index in [1.807, 2.05) is 44.3 Å². The maximum absolute atomic E-state index is 9.71. The molecule has 2 aromatic heterocycles. The summed E-state index contributed by atoms with van der Waals surface area (Å²) in [5.41, 5.74) is 4.01. The Morgan fingerprint density at radius 2 is 2.16 bits per heavy atom. The molecule has 0 aliphatic carbocycles. The molecule has 0 bridgehead atoms. The number of hydrogen-bond acceptors (Lipinski definition) is 7. The Labute approximate surface area is 183 Å². The van der Waals surface area contributed by atoms with Crippen molar-refractivity contribution in [1.82, 2.24) is 19.9 Å². The van der Waals surface area contributed by atoms with Crippen molar-refractivity contribution in [2.24, 2.45) is 0 Å². The summed E-state index contributed by atoms with van der Waals surface area (Å²) in [7, 11) is 0. The molecule has 1 aliphatic heterocycles. The number of aryl methyl sites for hydroxylation is 1. The van der Waals surface area contributed by atoms with E-state index in [1.165, 1.54) is 0 Å². The van der Waals surface area contributed by atoms with Crippen LogP contribution in [0.3, 0.4) is 0 Å². The van der Waals surface area contributed by atoms with Gasteiger partial charge in [-0.05, 0) is 62.6 Å². The van der Waals surface area contributed by atoms with Gasteiger partial charge in [0, 0.05) is 18.3 Å². The third-order valence-electron chi connectivity index (χ3n) is 5.59. The highest BCUT2D eigenvalue weighted by atomic mass is 16.5. The third-order valence-corrected chi connectivity index (χ3v) is 5.59. The predicted octanol–water partition coefficient (Wildman–Crippen LogP) is 4.15. The van der Waals surface area contributed by atoms with Crippen molar-refractivity contribution in [3.05, 3.63) is 71.3 Å². The summed E-state index contributed by atoms with van der Waals surface area (Å²) in [4.78, 5) is 16.1. The van der Waals surface area contributed by atoms with Crippen molar-refractivity contribution in [2.45, 2.75) is 45.9 Å². The van der Waals surface area contributed by atoms with Gasteiger partial charge in [-0.1, -0.05) is 12.1 Å². The molecule has 1 aromatic carbocycles. The SMILES string of the molecule is CCOc1ccc(CN2CCC[C@@H]2c2cncc(Nc3ncccc3C)n2)cc1CO. The fraction of sp³-hybridized carbons (Fsp3) is 0.375. The van der Waals surface area contributed by atoms with Crippen LogP contribution in [-0.4, -0.2) is 38.1 Å². The van der Waals surface area contributed by atoms with Gasteiger partial charge in [-0.3, -0.25) is 9.88 Å². The highest BCUT2D eigenvalue weighted by Gasteiger charge is 2.28. The summed E-state index contributed by atoms with van der Waals surface area (Å²) in [5.74, 6) is 2.25. The monoisotopic (exact) mass is 419 g/mol. The molecular formula is C24H29N5O2. The molecule has 0 radical (unpaired) electrons. The lowest BCUT2D eigenvalue weighted by Crippen LogP contribution is -2.24. The molecule has 7 heteroatoms. The predicted molar refractivity (Wildman–Crippen MR) is 120 cm³/mol. The second-order valence-electron chi connectivity index (χ2n) is 7.78. The van der Waals surface area contributed by atoms with E-state index in [0.717, 1.165) is 59.9 Å². The fourth-order valence-corrected chi connectivity index (χ4v) is 4.08. The summed E-state index contributed by atoms with van der Waals surface area (Å²) in [5, 5.41) is 13.0. The van der Waals surface area contributed by atoms with Gasteiger partial charge in [-0.15, -0.1) is 0 Å². The number of aliphatic hydroxyl groups excluding tert-OH is 1. The number of nitrogens with zero attached hydrogens (tertiary/aromatic N) is 4. The Bertz CT molecular complexity index is 1030. The number of nitrogens with one attached hydrogen (secondary N) is 1. The molecule has 1 aliphatic rings. The lowest BCUT2D eigenvalue weighted by atomic mass is 10.1. The van der Waals surface area contributed by atoms with Gasteiger partial charge >= 0.3 is 0 Å². The minimum Gasteiger partial charge on any atom is -0.494 e. The summed E-state index contributed by atoms with van der Waals surface area (Å²) in [6.45, 7) is 6.32. The van der Waals surface area contributed by atoms with E-state index >= 15 is 0 Å². The summed E-state index contributed by atoms with van der Waals surface area (Å²) >= 11 is 0. The van der Waals surface area contributed by atoms with Crippen LogP contribution in [0.4, 0.5) is 11.6 Å². The highest BCUT2D eigenvalue weighted by molar-refractivity contribution is 5.54. The van der Waals surface area contributed by atoms with Crippen molar-refractivity contribution >= 4 is 11.6 Å². The Morgan fingerprint density at radius 1 is 1.26 bits per heavy atom. The van der Waals surface area contributed by atoms with E-state index < -0.39 is 0 Å². The van der Waals surface area contributed by atoms with Gasteiger partial charge in [0.15, 0.2) is 0 Å². The molecule has 0 spiro atoms. The molecule has 0 saturated carbocycles. The number of aromatic nitrogens is 3. The average molecular weight is 420 g/mol. The Morgan fingerprint density at radius 3 is 2.97 bits per heavy atom. The van der Waals surface area contributed by atoms with Crippen molar-refractivity contribution in [3.8, 4) is 5.75 Å². The molecule has 3 aromatic rings. The second kappa shape index (κ2) is 9.85. The highest BCUT2D eigenvalue weighted by Crippen LogP contribution is 2.33. The zero-order chi connectivity index (χ0) is 21.6. The smallest absolute Gasteiger partial charge is 0.150 e. The Balaban J connectivity index is 1.50. The summed E-state index contributed by atoms with van der Waals surface area (Å²) in [6.07, 6.45) is 7.52. The average Bonchev–Trinajstić information content (AvgIpc) is 3.25. The molecule has 31 heavy (non-hydrogen) atoms. The number of benzene rings is 1. The van der Waals surface area contributed by atoms with Crippen LogP contribution in [0.1, 0.15) is 48.2 Å². The molecule has 162 valence electrons. The van der Waals surface area contributed by atoms with Crippen LogP contribution in [0.15, 0.2) is 48.9 Å². The fourth-order valence-electron chi connectivity index (χ4n) is 4.08. The number of hydrogen-bond donors (Lipinski definition) is 2. The molecule has 3 heterocycles. The lowest BCUT2D eigenvalue weighted by Gasteiger charge is -2.24. The Hall–Kier alpha value is -3.03. The largest absolute Gasteiger partial charge is 0.494 e. The summed E-state index contributed by atoms with van der Waals surface area (Å²) < 4.78 is 5.61. The van der Waals surface area contributed by atoms with Crippen LogP contribution in [0.25, 0.3) is 0 Å². The Kier molecular flexibility index (Phi) is 6.74. The number of rotatable bonds is 8. The quantitative estimate of drug-likeness (QED) is 0.567. The van der Waals surface area contributed by atoms with Gasteiger partial charge in [0.25, 0.3) is 0 Å². The van der Waals surface area contributed by atoms with Crippen molar-refractivity contribution < 1.29 is 9.84 Å². The first-order chi connectivity index (χ1) is 15.2. The first-order valence-corrected chi connectivity index (χ1v) is 10.8. The van der Waals surface area contributed by atoms with Gasteiger partial charge < -0.3 is 15.2 Å². The molecule has 1 fully saturated rings. The molecule has 2 N–H and O–H groups in total. The summed E-state index contributed by atoms with van der Waals surface area (Å²) in [6, 6.07) is 10.2. The second-order valence-corrected chi connectivity index (χ2v) is 7.78. The normalized spacial score (nSPS) is 16.4. The topological polar surface area (TPSA) is 83.4 Å². The van der Waals surface area contributed by atoms with Crippen molar-refractivity contribution in [3.63, 3.8) is 0 Å². The molecule has 1 saturated heterocycles. The number of ether oxygens (including phenoxy) is 1. The van der Waals surface area contributed by atoms with Crippen LogP contribution >= 0.6 is 0 Å². The van der Waals surface area contributed by atoms with E-state index in [4.69, 9.17) is 9.72 Å².